The average molecular weight is 392 g/mol. The number of carbonyl (C=O) groups is 1. The molecule has 0 fully saturated rings. The van der Waals surface area contributed by atoms with Crippen LogP contribution in [0, 0.1) is 13.8 Å². The first-order valence-corrected chi connectivity index (χ1v) is 9.54. The molecule has 150 valence electrons. The number of rotatable bonds is 4. The summed E-state index contributed by atoms with van der Waals surface area (Å²) in [5.41, 5.74) is 3.45. The summed E-state index contributed by atoms with van der Waals surface area (Å²) >= 11 is 0. The number of urea groups is 1. The Morgan fingerprint density at radius 3 is 2.66 bits per heavy atom. The van der Waals surface area contributed by atoms with Gasteiger partial charge in [0, 0.05) is 12.7 Å². The number of hydrogen-bond donors (Lipinski definition) is 1. The van der Waals surface area contributed by atoms with E-state index in [2.05, 4.69) is 10.4 Å². The molecule has 0 saturated heterocycles. The molecule has 0 spiro atoms. The maximum absolute atomic E-state index is 12.8. The lowest BCUT2D eigenvalue weighted by Gasteiger charge is -2.29. The number of fused-ring (bicyclic) bond motifs is 1. The maximum Gasteiger partial charge on any atom is 0.321 e. The number of anilines is 1. The van der Waals surface area contributed by atoms with Gasteiger partial charge in [-0.3, -0.25) is 0 Å². The number of benzene rings is 2. The van der Waals surface area contributed by atoms with E-state index in [-0.39, 0.29) is 12.1 Å². The molecule has 3 aromatic rings. The van der Waals surface area contributed by atoms with Crippen molar-refractivity contribution in [3.8, 4) is 17.2 Å². The van der Waals surface area contributed by atoms with Gasteiger partial charge in [-0.15, -0.1) is 0 Å². The third-order valence-corrected chi connectivity index (χ3v) is 4.78. The number of carbonyl (C=O) groups excluding carboxylic acids is 1. The molecule has 2 heterocycles. The number of hydrogen-bond acceptors (Lipinski definition) is 4. The molecule has 29 heavy (non-hydrogen) atoms. The summed E-state index contributed by atoms with van der Waals surface area (Å²) < 4.78 is 13.5. The molecule has 7 nitrogen and oxygen atoms in total. The Balaban J connectivity index is 1.44. The SMILES string of the molecule is Cc1cc(C)n(-c2ccccc2NC(=O)N(C)C[C@@H]2COc3ccccc3O2)n1. The summed E-state index contributed by atoms with van der Waals surface area (Å²) in [4.78, 5) is 14.4. The summed E-state index contributed by atoms with van der Waals surface area (Å²) in [5, 5.41) is 7.51. The normalized spacial score (nSPS) is 15.1. The van der Waals surface area contributed by atoms with Crippen LogP contribution in [0.1, 0.15) is 11.4 Å². The zero-order valence-electron chi connectivity index (χ0n) is 16.8. The number of likely N-dealkylation sites (N-methyl/N-ethyl adjacent to an activating group) is 1. The van der Waals surface area contributed by atoms with Crippen LogP contribution in [-0.4, -0.2) is 47.0 Å². The second-order valence-electron chi connectivity index (χ2n) is 7.16. The van der Waals surface area contributed by atoms with Crippen LogP contribution in [0.25, 0.3) is 5.69 Å². The van der Waals surface area contributed by atoms with Gasteiger partial charge in [0.05, 0.1) is 23.6 Å². The Kier molecular flexibility index (Phi) is 5.12. The van der Waals surface area contributed by atoms with E-state index in [1.165, 1.54) is 0 Å². The molecule has 1 atom stereocenters. The van der Waals surface area contributed by atoms with Gasteiger partial charge in [0.15, 0.2) is 17.6 Å². The van der Waals surface area contributed by atoms with Crippen LogP contribution in [0.5, 0.6) is 11.5 Å². The highest BCUT2D eigenvalue weighted by atomic mass is 16.6. The van der Waals surface area contributed by atoms with Gasteiger partial charge in [0.25, 0.3) is 0 Å². The van der Waals surface area contributed by atoms with Gasteiger partial charge in [0.1, 0.15) is 6.61 Å². The summed E-state index contributed by atoms with van der Waals surface area (Å²) in [7, 11) is 1.74. The summed E-state index contributed by atoms with van der Waals surface area (Å²) in [6, 6.07) is 16.9. The van der Waals surface area contributed by atoms with Gasteiger partial charge < -0.3 is 19.7 Å². The molecular formula is C22H24N4O3. The van der Waals surface area contributed by atoms with Crippen LogP contribution in [-0.2, 0) is 0 Å². The van der Waals surface area contributed by atoms with Crippen molar-refractivity contribution in [2.24, 2.45) is 0 Å². The molecule has 1 aliphatic heterocycles. The number of nitrogens with one attached hydrogen (secondary N) is 1. The fourth-order valence-electron chi connectivity index (χ4n) is 3.39. The fraction of sp³-hybridized carbons (Fsp3) is 0.273. The van der Waals surface area contributed by atoms with E-state index < -0.39 is 0 Å². The molecule has 2 amide bonds. The smallest absolute Gasteiger partial charge is 0.321 e. The number of ether oxygens (including phenoxy) is 2. The van der Waals surface area contributed by atoms with Crippen molar-refractivity contribution in [1.29, 1.82) is 0 Å². The first kappa shape index (κ1) is 18.9. The largest absolute Gasteiger partial charge is 0.486 e. The van der Waals surface area contributed by atoms with Crippen molar-refractivity contribution < 1.29 is 14.3 Å². The van der Waals surface area contributed by atoms with E-state index in [1.54, 1.807) is 11.9 Å². The van der Waals surface area contributed by atoms with Gasteiger partial charge in [0.2, 0.25) is 0 Å². The Hall–Kier alpha value is -3.48. The summed E-state index contributed by atoms with van der Waals surface area (Å²) in [5.74, 6) is 1.43. The number of aromatic nitrogens is 2. The summed E-state index contributed by atoms with van der Waals surface area (Å²) in [6.45, 7) is 4.74. The minimum absolute atomic E-state index is 0.221. The predicted octanol–water partition coefficient (Wildman–Crippen LogP) is 3.79. The molecule has 0 bridgehead atoms. The molecule has 0 unspecified atom stereocenters. The number of nitrogens with zero attached hydrogens (tertiary/aromatic N) is 3. The van der Waals surface area contributed by atoms with Crippen LogP contribution in [0.4, 0.5) is 10.5 Å². The van der Waals surface area contributed by atoms with Crippen molar-refractivity contribution >= 4 is 11.7 Å². The molecule has 1 aliphatic rings. The topological polar surface area (TPSA) is 68.6 Å². The number of aryl methyl sites for hydroxylation is 2. The van der Waals surface area contributed by atoms with E-state index >= 15 is 0 Å². The van der Waals surface area contributed by atoms with E-state index in [9.17, 15) is 4.79 Å². The molecule has 0 saturated carbocycles. The molecule has 4 rings (SSSR count). The Labute approximate surface area is 169 Å². The third kappa shape index (κ3) is 4.03. The number of para-hydroxylation sites is 4. The van der Waals surface area contributed by atoms with Crippen molar-refractivity contribution in [2.45, 2.75) is 20.0 Å². The maximum atomic E-state index is 12.8. The molecule has 0 aliphatic carbocycles. The van der Waals surface area contributed by atoms with E-state index in [1.807, 2.05) is 73.1 Å². The lowest BCUT2D eigenvalue weighted by atomic mass is 10.2. The molecule has 1 aromatic heterocycles. The van der Waals surface area contributed by atoms with Crippen LogP contribution in [0.3, 0.4) is 0 Å². The molecular weight excluding hydrogens is 368 g/mol. The Morgan fingerprint density at radius 2 is 1.90 bits per heavy atom. The van der Waals surface area contributed by atoms with Gasteiger partial charge in [-0.05, 0) is 44.2 Å². The monoisotopic (exact) mass is 392 g/mol. The Bertz CT molecular complexity index is 1030. The van der Waals surface area contributed by atoms with Crippen molar-refractivity contribution in [3.63, 3.8) is 0 Å². The highest BCUT2D eigenvalue weighted by molar-refractivity contribution is 5.91. The molecule has 1 N–H and O–H groups in total. The van der Waals surface area contributed by atoms with Gasteiger partial charge >= 0.3 is 6.03 Å². The third-order valence-electron chi connectivity index (χ3n) is 4.78. The highest BCUT2D eigenvalue weighted by Crippen LogP contribution is 2.31. The van der Waals surface area contributed by atoms with Crippen molar-refractivity contribution in [2.75, 3.05) is 25.5 Å². The minimum Gasteiger partial charge on any atom is -0.486 e. The summed E-state index contributed by atoms with van der Waals surface area (Å²) in [6.07, 6.45) is -0.230. The highest BCUT2D eigenvalue weighted by Gasteiger charge is 2.24. The van der Waals surface area contributed by atoms with Crippen LogP contribution >= 0.6 is 0 Å². The first-order valence-electron chi connectivity index (χ1n) is 9.54. The second-order valence-corrected chi connectivity index (χ2v) is 7.16. The second kappa shape index (κ2) is 7.87. The molecule has 7 heteroatoms. The first-order chi connectivity index (χ1) is 14.0. The van der Waals surface area contributed by atoms with Crippen LogP contribution in [0.2, 0.25) is 0 Å². The van der Waals surface area contributed by atoms with Crippen LogP contribution < -0.4 is 14.8 Å². The molecule has 2 aromatic carbocycles. The van der Waals surface area contributed by atoms with E-state index in [4.69, 9.17) is 9.47 Å². The van der Waals surface area contributed by atoms with E-state index in [0.29, 0.717) is 24.6 Å². The van der Waals surface area contributed by atoms with Crippen molar-refractivity contribution in [1.82, 2.24) is 14.7 Å². The van der Waals surface area contributed by atoms with Gasteiger partial charge in [-0.25, -0.2) is 9.48 Å². The van der Waals surface area contributed by atoms with E-state index in [0.717, 1.165) is 22.8 Å². The lowest BCUT2D eigenvalue weighted by Crippen LogP contribution is -2.43. The molecule has 0 radical (unpaired) electrons. The lowest BCUT2D eigenvalue weighted by molar-refractivity contribution is 0.0731. The number of amides is 2. The van der Waals surface area contributed by atoms with Crippen molar-refractivity contribution in [3.05, 3.63) is 66.0 Å². The zero-order chi connectivity index (χ0) is 20.4. The van der Waals surface area contributed by atoms with Gasteiger partial charge in [-0.2, -0.15) is 5.10 Å². The fourth-order valence-corrected chi connectivity index (χ4v) is 3.39. The minimum atomic E-state index is -0.230. The quantitative estimate of drug-likeness (QED) is 0.733. The standard InChI is InChI=1S/C22H24N4O3/c1-15-12-16(2)26(24-15)19-9-5-4-8-18(19)23-22(27)25(3)13-17-14-28-20-10-6-7-11-21(20)29-17/h4-12,17H,13-14H2,1-3H3,(H,23,27)/t17-/m1/s1. The Morgan fingerprint density at radius 1 is 1.17 bits per heavy atom. The average Bonchev–Trinajstić information content (AvgIpc) is 3.06. The zero-order valence-corrected chi connectivity index (χ0v) is 16.8. The predicted molar refractivity (Wildman–Crippen MR) is 111 cm³/mol. The van der Waals surface area contributed by atoms with Gasteiger partial charge in [-0.1, -0.05) is 24.3 Å². The van der Waals surface area contributed by atoms with Crippen LogP contribution in [0.15, 0.2) is 54.6 Å².